The molecular weight excluding hydrogens is 491 g/mol. The van der Waals surface area contributed by atoms with Crippen molar-refractivity contribution in [3.05, 3.63) is 59.0 Å². The van der Waals surface area contributed by atoms with Crippen molar-refractivity contribution in [3.63, 3.8) is 0 Å². The fourth-order valence-corrected chi connectivity index (χ4v) is 5.92. The Balaban J connectivity index is 1.56. The van der Waals surface area contributed by atoms with E-state index >= 15 is 0 Å². The quantitative estimate of drug-likeness (QED) is 0.371. The van der Waals surface area contributed by atoms with Gasteiger partial charge in [-0.15, -0.1) is 0 Å². The first-order valence-electron chi connectivity index (χ1n) is 12.8. The van der Waals surface area contributed by atoms with E-state index in [2.05, 4.69) is 4.98 Å². The van der Waals surface area contributed by atoms with Gasteiger partial charge in [0.25, 0.3) is 5.91 Å². The van der Waals surface area contributed by atoms with Crippen molar-refractivity contribution in [1.82, 2.24) is 19.7 Å². The molecule has 2 aliphatic rings. The number of aliphatic hydroxyl groups excluding tert-OH is 1. The summed E-state index contributed by atoms with van der Waals surface area (Å²) in [5, 5.41) is 20.0. The molecule has 0 bridgehead atoms. The molecule has 2 aromatic carbocycles. The molecule has 202 valence electrons. The fraction of sp³-hybridized carbons (Fsp3) is 0.429. The summed E-state index contributed by atoms with van der Waals surface area (Å²) >= 11 is 0. The average Bonchev–Trinajstić information content (AvgIpc) is 3.30. The first kappa shape index (κ1) is 26.0. The number of likely N-dealkylation sites (N-methyl/N-ethyl adjacent to an activating group) is 1. The number of methoxy groups -OCH3 is 1. The van der Waals surface area contributed by atoms with Gasteiger partial charge in [-0.25, -0.2) is 9.18 Å². The number of aromatic hydroxyl groups is 1. The first-order valence-corrected chi connectivity index (χ1v) is 12.8. The summed E-state index contributed by atoms with van der Waals surface area (Å²) in [5.41, 5.74) is 1.85. The molecule has 2 atom stereocenters. The second-order valence-corrected chi connectivity index (χ2v) is 10.4. The molecule has 0 saturated carbocycles. The van der Waals surface area contributed by atoms with E-state index in [4.69, 9.17) is 9.84 Å². The number of H-pyrrole nitrogens is 1. The van der Waals surface area contributed by atoms with E-state index in [9.17, 15) is 19.1 Å². The van der Waals surface area contributed by atoms with Gasteiger partial charge in [-0.2, -0.15) is 0 Å². The van der Waals surface area contributed by atoms with Crippen molar-refractivity contribution in [2.24, 2.45) is 0 Å². The van der Waals surface area contributed by atoms with Crippen LogP contribution in [0.1, 0.15) is 36.2 Å². The number of nitrogens with zero attached hydrogens (tertiary/aromatic N) is 3. The number of phenols is 1. The number of halogens is 1. The third-order valence-electron chi connectivity index (χ3n) is 7.79. The highest BCUT2D eigenvalue weighted by atomic mass is 19.1. The summed E-state index contributed by atoms with van der Waals surface area (Å²) < 4.78 is 19.8. The van der Waals surface area contributed by atoms with Crippen LogP contribution in [0.3, 0.4) is 0 Å². The van der Waals surface area contributed by atoms with Crippen molar-refractivity contribution >= 4 is 22.8 Å². The van der Waals surface area contributed by atoms with Crippen molar-refractivity contribution in [1.29, 1.82) is 0 Å². The Morgan fingerprint density at radius 1 is 1.24 bits per heavy atom. The second kappa shape index (κ2) is 9.92. The van der Waals surface area contributed by atoms with E-state index in [1.54, 1.807) is 36.1 Å². The smallest absolute Gasteiger partial charge is 0.328 e. The molecular formula is C28H33FN4O5. The Morgan fingerprint density at radius 3 is 2.74 bits per heavy atom. The van der Waals surface area contributed by atoms with Crippen LogP contribution in [0, 0.1) is 5.82 Å². The normalized spacial score (nSPS) is 20.9. The molecule has 1 saturated heterocycles. The average molecular weight is 525 g/mol. The van der Waals surface area contributed by atoms with Crippen molar-refractivity contribution in [2.75, 3.05) is 40.4 Å². The predicted molar refractivity (Wildman–Crippen MR) is 140 cm³/mol. The maximum Gasteiger partial charge on any atom is 0.328 e. The third-order valence-corrected chi connectivity index (χ3v) is 7.79. The second-order valence-electron chi connectivity index (χ2n) is 10.4. The first-order chi connectivity index (χ1) is 18.2. The van der Waals surface area contributed by atoms with Crippen LogP contribution in [0.15, 0.2) is 36.4 Å². The standard InChI is InChI=1S/C28H33FN4O5/c1-28-16-20-19-14-24(38-3)21(29)15-22(19)30-25(20)23(13-17-6-4-7-18(35)12-17)33(28)27(37)32(26(28)36)9-5-8-31(2)10-11-34/h4,6-7,12,14-15,23,30,34-35H,5,8-11,13,16H2,1-3H3/t23?,28-/m0/s1. The van der Waals surface area contributed by atoms with Gasteiger partial charge in [0.05, 0.1) is 19.8 Å². The molecule has 5 rings (SSSR count). The molecule has 0 aliphatic carbocycles. The van der Waals surface area contributed by atoms with Gasteiger partial charge in [-0.3, -0.25) is 9.69 Å². The van der Waals surface area contributed by atoms with Gasteiger partial charge in [0.2, 0.25) is 0 Å². The summed E-state index contributed by atoms with van der Waals surface area (Å²) in [6.45, 7) is 3.26. The summed E-state index contributed by atoms with van der Waals surface area (Å²) in [5.74, 6) is -0.539. The number of aromatic amines is 1. The monoisotopic (exact) mass is 524 g/mol. The summed E-state index contributed by atoms with van der Waals surface area (Å²) in [4.78, 5) is 36.0. The van der Waals surface area contributed by atoms with Crippen molar-refractivity contribution in [3.8, 4) is 11.5 Å². The van der Waals surface area contributed by atoms with E-state index in [0.717, 1.165) is 22.2 Å². The third kappa shape index (κ3) is 4.27. The van der Waals surface area contributed by atoms with Crippen LogP contribution in [0.2, 0.25) is 0 Å². The van der Waals surface area contributed by atoms with Gasteiger partial charge >= 0.3 is 6.03 Å². The van der Waals surface area contributed by atoms with Gasteiger partial charge in [-0.1, -0.05) is 12.1 Å². The van der Waals surface area contributed by atoms with Crippen molar-refractivity contribution < 1.29 is 28.9 Å². The Kier molecular flexibility index (Phi) is 6.79. The number of benzene rings is 2. The van der Waals surface area contributed by atoms with Gasteiger partial charge < -0.3 is 29.7 Å². The number of carbonyl (C=O) groups excluding carboxylic acids is 2. The highest BCUT2D eigenvalue weighted by Gasteiger charge is 2.59. The Hall–Kier alpha value is -3.63. The molecule has 0 spiro atoms. The zero-order valence-electron chi connectivity index (χ0n) is 21.8. The molecule has 1 unspecified atom stereocenters. The van der Waals surface area contributed by atoms with E-state index in [-0.39, 0.29) is 43.0 Å². The minimum absolute atomic E-state index is 0.0427. The van der Waals surface area contributed by atoms with Crippen LogP contribution in [-0.4, -0.2) is 87.8 Å². The predicted octanol–water partition coefficient (Wildman–Crippen LogP) is 3.20. The number of nitrogens with one attached hydrogen (secondary N) is 1. The molecule has 3 amide bonds. The number of ether oxygens (including phenoxy) is 1. The number of imide groups is 1. The van der Waals surface area contributed by atoms with E-state index in [1.165, 1.54) is 18.1 Å². The summed E-state index contributed by atoms with van der Waals surface area (Å²) in [6, 6.07) is 8.96. The molecule has 2 aliphatic heterocycles. The summed E-state index contributed by atoms with van der Waals surface area (Å²) in [6.07, 6.45) is 1.22. The topological polar surface area (TPSA) is 109 Å². The van der Waals surface area contributed by atoms with Crippen LogP contribution >= 0.6 is 0 Å². The maximum absolute atomic E-state index is 14.6. The number of rotatable bonds is 9. The maximum atomic E-state index is 14.6. The lowest BCUT2D eigenvalue weighted by Gasteiger charge is -2.42. The van der Waals surface area contributed by atoms with Gasteiger partial charge in [0.1, 0.15) is 11.3 Å². The Morgan fingerprint density at radius 2 is 2.03 bits per heavy atom. The highest BCUT2D eigenvalue weighted by Crippen LogP contribution is 2.48. The molecule has 3 N–H and O–H groups in total. The number of fused-ring (bicyclic) bond motifs is 4. The molecule has 10 heteroatoms. The van der Waals surface area contributed by atoms with E-state index < -0.39 is 17.4 Å². The van der Waals surface area contributed by atoms with Crippen LogP contribution in [0.25, 0.3) is 10.9 Å². The van der Waals surface area contributed by atoms with Crippen LogP contribution in [0.5, 0.6) is 11.5 Å². The molecule has 0 radical (unpaired) electrons. The number of carbonyl (C=O) groups is 2. The van der Waals surface area contributed by atoms with Gasteiger partial charge in [0, 0.05) is 42.2 Å². The minimum atomic E-state index is -1.13. The Labute approximate surface area is 220 Å². The van der Waals surface area contributed by atoms with Gasteiger partial charge in [-0.05, 0) is 62.7 Å². The molecule has 9 nitrogen and oxygen atoms in total. The zero-order chi connectivity index (χ0) is 27.2. The summed E-state index contributed by atoms with van der Waals surface area (Å²) in [7, 11) is 3.29. The van der Waals surface area contributed by atoms with Crippen molar-refractivity contribution in [2.45, 2.75) is 37.8 Å². The van der Waals surface area contributed by atoms with Crippen LogP contribution < -0.4 is 4.74 Å². The molecule has 3 heterocycles. The number of aromatic nitrogens is 1. The van der Waals surface area contributed by atoms with E-state index in [1.807, 2.05) is 18.0 Å². The van der Waals surface area contributed by atoms with Crippen LogP contribution in [-0.2, 0) is 17.6 Å². The zero-order valence-corrected chi connectivity index (χ0v) is 21.8. The molecule has 1 aromatic heterocycles. The van der Waals surface area contributed by atoms with Gasteiger partial charge in [0.15, 0.2) is 11.6 Å². The number of urea groups is 1. The number of hydrogen-bond donors (Lipinski definition) is 3. The molecule has 3 aromatic rings. The number of amides is 3. The molecule has 38 heavy (non-hydrogen) atoms. The lowest BCUT2D eigenvalue weighted by Crippen LogP contribution is -2.53. The highest BCUT2D eigenvalue weighted by molar-refractivity contribution is 6.08. The fourth-order valence-electron chi connectivity index (χ4n) is 5.92. The lowest BCUT2D eigenvalue weighted by molar-refractivity contribution is -0.133. The molecule has 1 fully saturated rings. The largest absolute Gasteiger partial charge is 0.508 e. The minimum Gasteiger partial charge on any atom is -0.508 e. The number of hydrogen-bond acceptors (Lipinski definition) is 6. The van der Waals surface area contributed by atoms with Crippen LogP contribution in [0.4, 0.5) is 9.18 Å². The number of phenolic OH excluding ortho intramolecular Hbond substituents is 1. The SMILES string of the molecule is COc1cc2c3c([nH]c2cc1F)C(Cc1cccc(O)c1)N1C(=O)N(CCCN(C)CCO)C(=O)[C@]1(C)C3. The Bertz CT molecular complexity index is 1390. The lowest BCUT2D eigenvalue weighted by atomic mass is 9.81. The van der Waals surface area contributed by atoms with E-state index in [0.29, 0.717) is 31.4 Å². The number of aliphatic hydroxyl groups is 1.